The van der Waals surface area contributed by atoms with Crippen LogP contribution in [0.2, 0.25) is 0 Å². The first-order chi connectivity index (χ1) is 9.79. The molecule has 0 aliphatic rings. The van der Waals surface area contributed by atoms with Crippen molar-refractivity contribution in [3.63, 3.8) is 0 Å². The molecule has 0 aliphatic heterocycles. The van der Waals surface area contributed by atoms with Crippen molar-refractivity contribution in [2.24, 2.45) is 0 Å². The van der Waals surface area contributed by atoms with Gasteiger partial charge in [-0.15, -0.1) is 5.10 Å². The van der Waals surface area contributed by atoms with E-state index in [0.717, 1.165) is 12.1 Å². The molecule has 2 heterocycles. The van der Waals surface area contributed by atoms with E-state index in [9.17, 15) is 0 Å². The van der Waals surface area contributed by atoms with Gasteiger partial charge in [0, 0.05) is 39.6 Å². The fourth-order valence-electron chi connectivity index (χ4n) is 1.67. The van der Waals surface area contributed by atoms with E-state index in [4.69, 9.17) is 9.15 Å². The molecule has 7 heteroatoms. The summed E-state index contributed by atoms with van der Waals surface area (Å²) in [5.41, 5.74) is 1.09. The van der Waals surface area contributed by atoms with Crippen LogP contribution in [-0.2, 0) is 17.8 Å². The highest BCUT2D eigenvalue weighted by Crippen LogP contribution is 2.13. The Morgan fingerprint density at radius 2 is 2.30 bits per heavy atom. The van der Waals surface area contributed by atoms with E-state index in [1.54, 1.807) is 13.3 Å². The highest BCUT2D eigenvalue weighted by molar-refractivity contribution is 5.25. The molecule has 0 unspecified atom stereocenters. The SMILES string of the molecule is COCCNCc1nnc(N(C)Cc2cccnc2)o1. The molecule has 0 spiro atoms. The largest absolute Gasteiger partial charge is 0.407 e. The van der Waals surface area contributed by atoms with Gasteiger partial charge in [-0.05, 0) is 11.6 Å². The summed E-state index contributed by atoms with van der Waals surface area (Å²) in [5.74, 6) is 0.564. The van der Waals surface area contributed by atoms with Gasteiger partial charge in [0.2, 0.25) is 5.89 Å². The molecule has 0 saturated heterocycles. The van der Waals surface area contributed by atoms with E-state index in [-0.39, 0.29) is 0 Å². The molecule has 0 saturated carbocycles. The molecule has 7 nitrogen and oxygen atoms in total. The quantitative estimate of drug-likeness (QED) is 0.716. The van der Waals surface area contributed by atoms with E-state index in [0.29, 0.717) is 31.6 Å². The van der Waals surface area contributed by atoms with Crippen molar-refractivity contribution >= 4 is 6.01 Å². The molecule has 20 heavy (non-hydrogen) atoms. The third-order valence-corrected chi connectivity index (χ3v) is 2.68. The summed E-state index contributed by atoms with van der Waals surface area (Å²) >= 11 is 0. The minimum atomic E-state index is 0.498. The second-order valence-electron chi connectivity index (χ2n) is 4.37. The Morgan fingerprint density at radius 3 is 3.05 bits per heavy atom. The molecule has 2 rings (SSSR count). The van der Waals surface area contributed by atoms with Gasteiger partial charge < -0.3 is 19.4 Å². The zero-order valence-electron chi connectivity index (χ0n) is 11.7. The lowest BCUT2D eigenvalue weighted by Gasteiger charge is -2.13. The molecule has 0 aliphatic carbocycles. The van der Waals surface area contributed by atoms with Crippen LogP contribution in [0.4, 0.5) is 6.01 Å². The van der Waals surface area contributed by atoms with E-state index >= 15 is 0 Å². The molecule has 0 radical (unpaired) electrons. The number of methoxy groups -OCH3 is 1. The average molecular weight is 277 g/mol. The second kappa shape index (κ2) is 7.56. The smallest absolute Gasteiger partial charge is 0.318 e. The molecular weight excluding hydrogens is 258 g/mol. The van der Waals surface area contributed by atoms with Gasteiger partial charge in [-0.25, -0.2) is 0 Å². The standard InChI is InChI=1S/C13H19N5O2/c1-18(10-11-4-3-5-14-8-11)13-17-16-12(20-13)9-15-6-7-19-2/h3-5,8,15H,6-7,9-10H2,1-2H3. The van der Waals surface area contributed by atoms with Gasteiger partial charge >= 0.3 is 6.01 Å². The maximum Gasteiger partial charge on any atom is 0.318 e. The lowest BCUT2D eigenvalue weighted by atomic mass is 10.3. The molecular formula is C13H19N5O2. The summed E-state index contributed by atoms with van der Waals surface area (Å²) < 4.78 is 10.5. The Kier molecular flexibility index (Phi) is 5.45. The summed E-state index contributed by atoms with van der Waals surface area (Å²) in [4.78, 5) is 5.97. The normalized spacial score (nSPS) is 10.7. The Bertz CT molecular complexity index is 502. The summed E-state index contributed by atoms with van der Waals surface area (Å²) in [5, 5.41) is 11.2. The fourth-order valence-corrected chi connectivity index (χ4v) is 1.67. The van der Waals surface area contributed by atoms with Crippen LogP contribution in [0, 0.1) is 0 Å². The van der Waals surface area contributed by atoms with Crippen molar-refractivity contribution in [3.8, 4) is 0 Å². The third-order valence-electron chi connectivity index (χ3n) is 2.68. The van der Waals surface area contributed by atoms with Crippen LogP contribution in [0.1, 0.15) is 11.5 Å². The Hall–Kier alpha value is -1.99. The van der Waals surface area contributed by atoms with Crippen LogP contribution in [0.25, 0.3) is 0 Å². The van der Waals surface area contributed by atoms with Gasteiger partial charge in [-0.2, -0.15) is 0 Å². The monoisotopic (exact) mass is 277 g/mol. The van der Waals surface area contributed by atoms with Crippen molar-refractivity contribution < 1.29 is 9.15 Å². The van der Waals surface area contributed by atoms with Crippen LogP contribution in [-0.4, -0.2) is 42.5 Å². The zero-order valence-corrected chi connectivity index (χ0v) is 11.7. The maximum atomic E-state index is 5.58. The summed E-state index contributed by atoms with van der Waals surface area (Å²) in [6.07, 6.45) is 3.57. The summed E-state index contributed by atoms with van der Waals surface area (Å²) in [6, 6.07) is 4.41. The highest BCUT2D eigenvalue weighted by atomic mass is 16.5. The minimum Gasteiger partial charge on any atom is -0.407 e. The lowest BCUT2D eigenvalue weighted by Crippen LogP contribution is -2.18. The Morgan fingerprint density at radius 1 is 1.40 bits per heavy atom. The third kappa shape index (κ3) is 4.29. The summed E-state index contributed by atoms with van der Waals surface area (Å²) in [6.45, 7) is 2.62. The topological polar surface area (TPSA) is 76.3 Å². The van der Waals surface area contributed by atoms with Gasteiger partial charge in [0.1, 0.15) is 0 Å². The molecule has 0 fully saturated rings. The number of rotatable bonds is 8. The predicted molar refractivity (Wildman–Crippen MR) is 74.2 cm³/mol. The first-order valence-electron chi connectivity index (χ1n) is 6.41. The maximum absolute atomic E-state index is 5.58. The van der Waals surface area contributed by atoms with Crippen molar-refractivity contribution in [3.05, 3.63) is 36.0 Å². The number of aromatic nitrogens is 3. The van der Waals surface area contributed by atoms with Gasteiger partial charge in [-0.1, -0.05) is 11.2 Å². The first-order valence-corrected chi connectivity index (χ1v) is 6.41. The van der Waals surface area contributed by atoms with Crippen LogP contribution in [0.5, 0.6) is 0 Å². The number of hydrogen-bond acceptors (Lipinski definition) is 7. The lowest BCUT2D eigenvalue weighted by molar-refractivity contribution is 0.198. The molecule has 2 aromatic heterocycles. The van der Waals surface area contributed by atoms with Crippen molar-refractivity contribution in [1.82, 2.24) is 20.5 Å². The number of nitrogens with one attached hydrogen (secondary N) is 1. The van der Waals surface area contributed by atoms with Gasteiger partial charge in [0.15, 0.2) is 0 Å². The second-order valence-corrected chi connectivity index (χ2v) is 4.37. The van der Waals surface area contributed by atoms with Crippen molar-refractivity contribution in [1.29, 1.82) is 0 Å². The molecule has 0 aromatic carbocycles. The molecule has 1 N–H and O–H groups in total. The van der Waals surface area contributed by atoms with E-state index in [1.165, 1.54) is 0 Å². The van der Waals surface area contributed by atoms with Gasteiger partial charge in [0.05, 0.1) is 13.2 Å². The number of anilines is 1. The first kappa shape index (κ1) is 14.4. The fraction of sp³-hybridized carbons (Fsp3) is 0.462. The molecule has 0 bridgehead atoms. The average Bonchev–Trinajstić information content (AvgIpc) is 2.94. The Balaban J connectivity index is 1.84. The molecule has 0 atom stereocenters. The van der Waals surface area contributed by atoms with E-state index in [2.05, 4.69) is 20.5 Å². The zero-order chi connectivity index (χ0) is 14.2. The number of pyridine rings is 1. The minimum absolute atomic E-state index is 0.498. The number of ether oxygens (including phenoxy) is 1. The Labute approximate surface area is 118 Å². The predicted octanol–water partition coefficient (Wildman–Crippen LogP) is 0.837. The number of hydrogen-bond donors (Lipinski definition) is 1. The number of nitrogens with zero attached hydrogens (tertiary/aromatic N) is 4. The van der Waals surface area contributed by atoms with Gasteiger partial charge in [-0.3, -0.25) is 4.98 Å². The van der Waals surface area contributed by atoms with E-state index < -0.39 is 0 Å². The van der Waals surface area contributed by atoms with Crippen LogP contribution < -0.4 is 10.2 Å². The molecule has 108 valence electrons. The van der Waals surface area contributed by atoms with Crippen molar-refractivity contribution in [2.75, 3.05) is 32.2 Å². The highest BCUT2D eigenvalue weighted by Gasteiger charge is 2.10. The van der Waals surface area contributed by atoms with Gasteiger partial charge in [0.25, 0.3) is 0 Å². The molecule has 0 amide bonds. The summed E-state index contributed by atoms with van der Waals surface area (Å²) in [7, 11) is 3.57. The molecule has 2 aromatic rings. The van der Waals surface area contributed by atoms with Crippen LogP contribution in [0.15, 0.2) is 28.9 Å². The van der Waals surface area contributed by atoms with Crippen LogP contribution >= 0.6 is 0 Å². The van der Waals surface area contributed by atoms with Crippen LogP contribution in [0.3, 0.4) is 0 Å². The van der Waals surface area contributed by atoms with E-state index in [1.807, 2.05) is 30.3 Å². The van der Waals surface area contributed by atoms with Crippen molar-refractivity contribution in [2.45, 2.75) is 13.1 Å².